The summed E-state index contributed by atoms with van der Waals surface area (Å²) in [5, 5.41) is 11.8. The number of aryl methyl sites for hydroxylation is 1. The van der Waals surface area contributed by atoms with Gasteiger partial charge in [0.1, 0.15) is 11.9 Å². The van der Waals surface area contributed by atoms with Crippen LogP contribution in [0.2, 0.25) is 18.1 Å². The molecule has 1 aromatic heterocycles. The number of halogens is 1. The minimum absolute atomic E-state index is 0.00419. The average molecular weight is 444 g/mol. The van der Waals surface area contributed by atoms with Crippen molar-refractivity contribution in [1.82, 2.24) is 4.98 Å². The highest BCUT2D eigenvalue weighted by atomic mass is 32.1. The molecule has 166 valence electrons. The van der Waals surface area contributed by atoms with Crippen LogP contribution in [0.25, 0.3) is 6.08 Å². The van der Waals surface area contributed by atoms with Crippen LogP contribution in [-0.4, -0.2) is 43.8 Å². The lowest BCUT2D eigenvalue weighted by Gasteiger charge is -2.38. The van der Waals surface area contributed by atoms with Crippen molar-refractivity contribution in [3.05, 3.63) is 33.6 Å². The zero-order chi connectivity index (χ0) is 22.2. The maximum Gasteiger partial charge on any atom is 0.193 e. The van der Waals surface area contributed by atoms with E-state index in [0.29, 0.717) is 18.7 Å². The molecule has 0 fully saturated rings. The van der Waals surface area contributed by atoms with Crippen LogP contribution < -0.4 is 0 Å². The number of rotatable bonds is 11. The van der Waals surface area contributed by atoms with E-state index in [-0.39, 0.29) is 23.6 Å². The molecule has 0 spiro atoms. The van der Waals surface area contributed by atoms with Gasteiger partial charge in [0.25, 0.3) is 0 Å². The van der Waals surface area contributed by atoms with Crippen molar-refractivity contribution in [3.63, 3.8) is 0 Å². The Morgan fingerprint density at radius 3 is 2.55 bits per heavy atom. The molecule has 4 nitrogen and oxygen atoms in total. The number of hydrogen-bond donors (Lipinski definition) is 1. The molecule has 0 aliphatic rings. The predicted molar refractivity (Wildman–Crippen MR) is 123 cm³/mol. The molecule has 0 amide bonds. The molecule has 0 aliphatic heterocycles. The summed E-state index contributed by atoms with van der Waals surface area (Å²) in [5.41, 5.74) is 1.76. The number of aromatic nitrogens is 1. The Morgan fingerprint density at radius 2 is 2.03 bits per heavy atom. The van der Waals surface area contributed by atoms with E-state index >= 15 is 4.39 Å². The molecule has 1 aromatic rings. The van der Waals surface area contributed by atoms with Crippen molar-refractivity contribution < 1.29 is 18.7 Å². The van der Waals surface area contributed by atoms with E-state index < -0.39 is 14.4 Å². The molecule has 0 radical (unpaired) electrons. The first kappa shape index (κ1) is 26.2. The van der Waals surface area contributed by atoms with Crippen molar-refractivity contribution in [2.24, 2.45) is 0 Å². The van der Waals surface area contributed by atoms with Crippen molar-refractivity contribution in [1.29, 1.82) is 0 Å². The fourth-order valence-electron chi connectivity index (χ4n) is 2.31. The average Bonchev–Trinajstić information content (AvgIpc) is 3.01. The van der Waals surface area contributed by atoms with Gasteiger partial charge in [0, 0.05) is 5.38 Å². The molecule has 1 N–H and O–H groups in total. The summed E-state index contributed by atoms with van der Waals surface area (Å²) in [5.74, 6) is -0.283. The number of hydrogen-bond acceptors (Lipinski definition) is 5. The Kier molecular flexibility index (Phi) is 10.4. The van der Waals surface area contributed by atoms with Gasteiger partial charge in [0.15, 0.2) is 8.32 Å². The van der Waals surface area contributed by atoms with E-state index in [1.165, 1.54) is 17.4 Å². The Balaban J connectivity index is 2.92. The second-order valence-electron chi connectivity index (χ2n) is 9.09. The lowest BCUT2D eigenvalue weighted by Crippen LogP contribution is -2.44. The predicted octanol–water partition coefficient (Wildman–Crippen LogP) is 6.28. The number of nitrogens with zero attached hydrogens (tertiary/aromatic N) is 1. The van der Waals surface area contributed by atoms with E-state index in [4.69, 9.17) is 14.3 Å². The van der Waals surface area contributed by atoms with Gasteiger partial charge in [-0.15, -0.1) is 11.3 Å². The zero-order valence-corrected chi connectivity index (χ0v) is 21.0. The summed E-state index contributed by atoms with van der Waals surface area (Å²) in [6, 6.07) is 0. The number of ether oxygens (including phenoxy) is 1. The Bertz CT molecular complexity index is 694. The van der Waals surface area contributed by atoms with Gasteiger partial charge in [-0.1, -0.05) is 32.4 Å². The second-order valence-corrected chi connectivity index (χ2v) is 14.9. The lowest BCUT2D eigenvalue weighted by atomic mass is 10.1. The van der Waals surface area contributed by atoms with Crippen LogP contribution in [0.5, 0.6) is 0 Å². The van der Waals surface area contributed by atoms with Crippen LogP contribution in [-0.2, 0) is 9.16 Å². The quantitative estimate of drug-likeness (QED) is 0.323. The molecule has 1 rings (SSSR count). The first-order valence-corrected chi connectivity index (χ1v) is 14.0. The largest absolute Gasteiger partial charge is 0.407 e. The molecule has 7 heteroatoms. The SMILES string of the molecule is CC(=CC[C@H](O[Si](C)(C)C(C)(C)C)C(F)=Cc1csc(C)n1)CCO[C@H](C)CO. The van der Waals surface area contributed by atoms with E-state index in [9.17, 15) is 0 Å². The van der Waals surface area contributed by atoms with Crippen LogP contribution in [0.4, 0.5) is 4.39 Å². The highest BCUT2D eigenvalue weighted by Gasteiger charge is 2.39. The zero-order valence-electron chi connectivity index (χ0n) is 19.2. The Morgan fingerprint density at radius 1 is 1.38 bits per heavy atom. The molecule has 0 unspecified atom stereocenters. The third-order valence-corrected chi connectivity index (χ3v) is 10.6. The molecule has 0 saturated heterocycles. The smallest absolute Gasteiger partial charge is 0.193 e. The van der Waals surface area contributed by atoms with Crippen molar-refractivity contribution in [3.8, 4) is 0 Å². The summed E-state index contributed by atoms with van der Waals surface area (Å²) < 4.78 is 27.1. The molecule has 0 aliphatic carbocycles. The highest BCUT2D eigenvalue weighted by Crippen LogP contribution is 2.39. The summed E-state index contributed by atoms with van der Waals surface area (Å²) >= 11 is 1.51. The van der Waals surface area contributed by atoms with Gasteiger partial charge < -0.3 is 14.3 Å². The topological polar surface area (TPSA) is 51.6 Å². The van der Waals surface area contributed by atoms with E-state index in [0.717, 1.165) is 17.0 Å². The minimum Gasteiger partial charge on any atom is -0.407 e. The van der Waals surface area contributed by atoms with Gasteiger partial charge in [-0.3, -0.25) is 0 Å². The lowest BCUT2D eigenvalue weighted by molar-refractivity contribution is 0.0267. The molecule has 29 heavy (non-hydrogen) atoms. The van der Waals surface area contributed by atoms with Crippen molar-refractivity contribution >= 4 is 25.7 Å². The van der Waals surface area contributed by atoms with Gasteiger partial charge in [-0.2, -0.15) is 0 Å². The second kappa shape index (κ2) is 11.5. The van der Waals surface area contributed by atoms with Crippen molar-refractivity contribution in [2.45, 2.75) is 84.7 Å². The third kappa shape index (κ3) is 9.21. The summed E-state index contributed by atoms with van der Waals surface area (Å²) in [4.78, 5) is 4.34. The van der Waals surface area contributed by atoms with Gasteiger partial charge in [0.2, 0.25) is 0 Å². The standard InChI is InChI=1S/C22H38FNO3SSi/c1-16(11-12-26-17(2)14-25)9-10-21(27-29(7,8)22(4,5)6)20(23)13-19-15-28-18(3)24-19/h9,13,15,17,21,25H,10-12,14H2,1-8H3/t17-,21+/m1/s1. The fraction of sp³-hybridized carbons (Fsp3) is 0.682. The summed E-state index contributed by atoms with van der Waals surface area (Å²) in [7, 11) is -2.14. The molecule has 0 aromatic carbocycles. The molecular weight excluding hydrogens is 405 g/mol. The molecule has 0 saturated carbocycles. The maximum absolute atomic E-state index is 15.2. The van der Waals surface area contributed by atoms with Crippen LogP contribution in [0.3, 0.4) is 0 Å². The fourth-order valence-corrected chi connectivity index (χ4v) is 4.16. The molecular formula is C22H38FNO3SSi. The van der Waals surface area contributed by atoms with E-state index in [1.807, 2.05) is 32.2 Å². The summed E-state index contributed by atoms with van der Waals surface area (Å²) in [6.45, 7) is 17.1. The third-order valence-electron chi connectivity index (χ3n) is 5.31. The number of aliphatic hydroxyl groups excluding tert-OH is 1. The number of thiazole rings is 1. The normalized spacial score (nSPS) is 16.2. The Hall–Kier alpha value is -0.863. The van der Waals surface area contributed by atoms with Gasteiger partial charge in [-0.25, -0.2) is 9.37 Å². The van der Waals surface area contributed by atoms with Gasteiger partial charge in [0.05, 0.1) is 30.0 Å². The van der Waals surface area contributed by atoms with Gasteiger partial charge in [-0.05, 0) is 57.8 Å². The Labute approximate surface area is 181 Å². The number of aliphatic hydroxyl groups is 1. The van der Waals surface area contributed by atoms with Crippen molar-refractivity contribution in [2.75, 3.05) is 13.2 Å². The first-order chi connectivity index (χ1) is 13.4. The first-order valence-electron chi connectivity index (χ1n) is 10.2. The van der Waals surface area contributed by atoms with E-state index in [1.54, 1.807) is 0 Å². The van der Waals surface area contributed by atoms with Gasteiger partial charge >= 0.3 is 0 Å². The minimum atomic E-state index is -2.14. The highest BCUT2D eigenvalue weighted by molar-refractivity contribution is 7.09. The van der Waals surface area contributed by atoms with Crippen LogP contribution >= 0.6 is 11.3 Å². The van der Waals surface area contributed by atoms with Crippen LogP contribution in [0, 0.1) is 6.92 Å². The van der Waals surface area contributed by atoms with E-state index in [2.05, 4.69) is 38.8 Å². The molecule has 2 atom stereocenters. The van der Waals surface area contributed by atoms with Crippen LogP contribution in [0.15, 0.2) is 22.9 Å². The monoisotopic (exact) mass is 443 g/mol. The molecule has 0 bridgehead atoms. The van der Waals surface area contributed by atoms with Crippen LogP contribution in [0.1, 0.15) is 58.2 Å². The maximum atomic E-state index is 15.2. The summed E-state index contributed by atoms with van der Waals surface area (Å²) in [6.07, 6.45) is 3.96. The molecule has 1 heterocycles.